The molecule has 23 heavy (non-hydrogen) atoms. The standard InChI is InChI=1S/C18H21N3OS/c22-18(20-14-6-2-1-3-7-14)15-9-16(13-5-4-8-19-10-13)21-12-23-11-17(15)21/h4-5,8-10,14H,1-3,6-7,11-12H2,(H,20,22). The van der Waals surface area contributed by atoms with E-state index in [1.807, 2.05) is 30.1 Å². The summed E-state index contributed by atoms with van der Waals surface area (Å²) in [5.41, 5.74) is 4.18. The van der Waals surface area contributed by atoms with Gasteiger partial charge in [0.1, 0.15) is 0 Å². The zero-order valence-electron chi connectivity index (χ0n) is 13.1. The molecule has 1 aliphatic heterocycles. The zero-order chi connectivity index (χ0) is 15.6. The van der Waals surface area contributed by atoms with Crippen molar-refractivity contribution in [3.8, 4) is 11.3 Å². The monoisotopic (exact) mass is 327 g/mol. The van der Waals surface area contributed by atoms with Gasteiger partial charge < -0.3 is 9.88 Å². The predicted octanol–water partition coefficient (Wildman–Crippen LogP) is 3.82. The number of carbonyl (C=O) groups excluding carboxylic acids is 1. The lowest BCUT2D eigenvalue weighted by atomic mass is 9.95. The molecular formula is C18H21N3OS. The van der Waals surface area contributed by atoms with Gasteiger partial charge in [-0.3, -0.25) is 9.78 Å². The van der Waals surface area contributed by atoms with Crippen LogP contribution in [0.2, 0.25) is 0 Å². The Morgan fingerprint density at radius 1 is 1.30 bits per heavy atom. The molecule has 5 heteroatoms. The molecule has 120 valence electrons. The van der Waals surface area contributed by atoms with Gasteiger partial charge in [-0.05, 0) is 31.0 Å². The minimum absolute atomic E-state index is 0.0956. The highest BCUT2D eigenvalue weighted by Crippen LogP contribution is 2.35. The number of fused-ring (bicyclic) bond motifs is 1. The first-order valence-corrected chi connectivity index (χ1v) is 9.50. The van der Waals surface area contributed by atoms with Crippen molar-refractivity contribution in [1.82, 2.24) is 14.9 Å². The van der Waals surface area contributed by atoms with Crippen LogP contribution in [-0.4, -0.2) is 21.5 Å². The van der Waals surface area contributed by atoms with Crippen LogP contribution >= 0.6 is 11.8 Å². The second-order valence-corrected chi connectivity index (χ2v) is 7.30. The minimum atomic E-state index is 0.0956. The first kappa shape index (κ1) is 14.8. The molecule has 0 spiro atoms. The first-order valence-electron chi connectivity index (χ1n) is 8.34. The van der Waals surface area contributed by atoms with Crippen LogP contribution in [0.1, 0.15) is 48.2 Å². The summed E-state index contributed by atoms with van der Waals surface area (Å²) in [4.78, 5) is 17.0. The van der Waals surface area contributed by atoms with Gasteiger partial charge in [0.05, 0.1) is 17.1 Å². The van der Waals surface area contributed by atoms with Crippen LogP contribution in [0, 0.1) is 0 Å². The third kappa shape index (κ3) is 2.90. The summed E-state index contributed by atoms with van der Waals surface area (Å²) in [5.74, 6) is 1.92. The van der Waals surface area contributed by atoms with Gasteiger partial charge in [0.15, 0.2) is 0 Å². The van der Waals surface area contributed by atoms with Crippen molar-refractivity contribution in [3.05, 3.63) is 41.9 Å². The van der Waals surface area contributed by atoms with Gasteiger partial charge >= 0.3 is 0 Å². The van der Waals surface area contributed by atoms with Crippen LogP contribution in [0.15, 0.2) is 30.6 Å². The Hall–Kier alpha value is -1.75. The number of thioether (sulfide) groups is 1. The fraction of sp³-hybridized carbons (Fsp3) is 0.444. The van der Waals surface area contributed by atoms with Gasteiger partial charge in [-0.25, -0.2) is 0 Å². The Bertz CT molecular complexity index is 705. The molecule has 4 rings (SSSR count). The molecule has 1 saturated carbocycles. The van der Waals surface area contributed by atoms with Crippen LogP contribution in [0.5, 0.6) is 0 Å². The second kappa shape index (κ2) is 6.40. The Kier molecular flexibility index (Phi) is 4.12. The fourth-order valence-corrected chi connectivity index (χ4v) is 4.66. The number of nitrogens with zero attached hydrogens (tertiary/aromatic N) is 2. The molecule has 2 aromatic heterocycles. The van der Waals surface area contributed by atoms with Gasteiger partial charge in [-0.2, -0.15) is 0 Å². The molecule has 1 fully saturated rings. The zero-order valence-corrected chi connectivity index (χ0v) is 13.9. The third-order valence-corrected chi connectivity index (χ3v) is 5.73. The summed E-state index contributed by atoms with van der Waals surface area (Å²) in [6.45, 7) is 0. The first-order chi connectivity index (χ1) is 11.3. The fourth-order valence-electron chi connectivity index (χ4n) is 3.59. The molecule has 0 unspecified atom stereocenters. The van der Waals surface area contributed by atoms with Crippen molar-refractivity contribution in [2.45, 2.75) is 49.8 Å². The van der Waals surface area contributed by atoms with Crippen LogP contribution in [0.25, 0.3) is 11.3 Å². The summed E-state index contributed by atoms with van der Waals surface area (Å²) in [7, 11) is 0. The quantitative estimate of drug-likeness (QED) is 0.932. The summed E-state index contributed by atoms with van der Waals surface area (Å²) in [5, 5.41) is 3.25. The number of amides is 1. The largest absolute Gasteiger partial charge is 0.349 e. The molecule has 0 saturated heterocycles. The average Bonchev–Trinajstić information content (AvgIpc) is 3.18. The van der Waals surface area contributed by atoms with E-state index in [0.717, 1.165) is 47.0 Å². The van der Waals surface area contributed by atoms with Crippen LogP contribution in [0.4, 0.5) is 0 Å². The highest BCUT2D eigenvalue weighted by molar-refractivity contribution is 7.97. The van der Waals surface area contributed by atoms with Crippen molar-refractivity contribution in [3.63, 3.8) is 0 Å². The number of aromatic nitrogens is 2. The number of nitrogens with one attached hydrogen (secondary N) is 1. The number of pyridine rings is 1. The molecule has 2 aromatic rings. The Morgan fingerprint density at radius 2 is 2.17 bits per heavy atom. The van der Waals surface area contributed by atoms with E-state index in [1.165, 1.54) is 19.3 Å². The lowest BCUT2D eigenvalue weighted by molar-refractivity contribution is 0.0927. The van der Waals surface area contributed by atoms with Crippen LogP contribution in [-0.2, 0) is 11.6 Å². The third-order valence-electron chi connectivity index (χ3n) is 4.81. The maximum atomic E-state index is 12.8. The molecule has 1 N–H and O–H groups in total. The highest BCUT2D eigenvalue weighted by atomic mass is 32.2. The summed E-state index contributed by atoms with van der Waals surface area (Å²) < 4.78 is 2.26. The van der Waals surface area contributed by atoms with E-state index in [9.17, 15) is 4.79 Å². The normalized spacial score (nSPS) is 17.9. The molecule has 1 aliphatic carbocycles. The molecule has 0 bridgehead atoms. The maximum absolute atomic E-state index is 12.8. The SMILES string of the molecule is O=C(NC1CCCCC1)c1cc(-c2cccnc2)n2c1CSC2. The number of hydrogen-bond donors (Lipinski definition) is 1. The van der Waals surface area contributed by atoms with Gasteiger partial charge in [-0.1, -0.05) is 19.3 Å². The topological polar surface area (TPSA) is 46.9 Å². The molecule has 3 heterocycles. The summed E-state index contributed by atoms with van der Waals surface area (Å²) in [6, 6.07) is 6.40. The smallest absolute Gasteiger partial charge is 0.253 e. The molecule has 0 radical (unpaired) electrons. The Balaban J connectivity index is 1.63. The second-order valence-electron chi connectivity index (χ2n) is 6.35. The van der Waals surface area contributed by atoms with E-state index >= 15 is 0 Å². The van der Waals surface area contributed by atoms with Gasteiger partial charge in [0.2, 0.25) is 0 Å². The lowest BCUT2D eigenvalue weighted by Gasteiger charge is -2.22. The van der Waals surface area contributed by atoms with Crippen molar-refractivity contribution < 1.29 is 4.79 Å². The highest BCUT2D eigenvalue weighted by Gasteiger charge is 2.26. The van der Waals surface area contributed by atoms with E-state index in [1.54, 1.807) is 6.20 Å². The van der Waals surface area contributed by atoms with Crippen molar-refractivity contribution in [1.29, 1.82) is 0 Å². The Morgan fingerprint density at radius 3 is 2.96 bits per heavy atom. The van der Waals surface area contributed by atoms with E-state index in [4.69, 9.17) is 0 Å². The van der Waals surface area contributed by atoms with E-state index < -0.39 is 0 Å². The molecule has 2 aliphatic rings. The van der Waals surface area contributed by atoms with E-state index in [-0.39, 0.29) is 5.91 Å². The van der Waals surface area contributed by atoms with Crippen molar-refractivity contribution in [2.75, 3.05) is 0 Å². The lowest BCUT2D eigenvalue weighted by Crippen LogP contribution is -2.36. The number of carbonyl (C=O) groups is 1. The predicted molar refractivity (Wildman–Crippen MR) is 93.3 cm³/mol. The molecule has 0 atom stereocenters. The van der Waals surface area contributed by atoms with Crippen LogP contribution < -0.4 is 5.32 Å². The van der Waals surface area contributed by atoms with Gasteiger partial charge in [0.25, 0.3) is 5.91 Å². The summed E-state index contributed by atoms with van der Waals surface area (Å²) in [6.07, 6.45) is 9.65. The van der Waals surface area contributed by atoms with E-state index in [0.29, 0.717) is 6.04 Å². The van der Waals surface area contributed by atoms with Crippen LogP contribution in [0.3, 0.4) is 0 Å². The minimum Gasteiger partial charge on any atom is -0.349 e. The number of rotatable bonds is 3. The molecule has 1 amide bonds. The molecule has 0 aromatic carbocycles. The molecule has 4 nitrogen and oxygen atoms in total. The number of hydrogen-bond acceptors (Lipinski definition) is 3. The van der Waals surface area contributed by atoms with E-state index in [2.05, 4.69) is 20.9 Å². The summed E-state index contributed by atoms with van der Waals surface area (Å²) >= 11 is 1.86. The molecular weight excluding hydrogens is 306 g/mol. The van der Waals surface area contributed by atoms with Gasteiger partial charge in [-0.15, -0.1) is 11.8 Å². The van der Waals surface area contributed by atoms with Crippen molar-refractivity contribution >= 4 is 17.7 Å². The average molecular weight is 327 g/mol. The maximum Gasteiger partial charge on any atom is 0.253 e. The van der Waals surface area contributed by atoms with Gasteiger partial charge in [0, 0.05) is 35.4 Å². The Labute approximate surface area is 140 Å². The van der Waals surface area contributed by atoms with Crippen molar-refractivity contribution in [2.24, 2.45) is 0 Å².